The molecule has 0 radical (unpaired) electrons. The van der Waals surface area contributed by atoms with Crippen LogP contribution in [0.2, 0.25) is 0 Å². The first-order valence-corrected chi connectivity index (χ1v) is 8.78. The van der Waals surface area contributed by atoms with Gasteiger partial charge in [0.2, 0.25) is 0 Å². The maximum absolute atomic E-state index is 10.4. The van der Waals surface area contributed by atoms with E-state index < -0.39 is 6.10 Å². The van der Waals surface area contributed by atoms with Crippen LogP contribution in [0.5, 0.6) is 0 Å². The minimum absolute atomic E-state index is 0.449. The molecular weight excluding hydrogens is 298 g/mol. The summed E-state index contributed by atoms with van der Waals surface area (Å²) in [5, 5.41) is 15.5. The third kappa shape index (κ3) is 3.23. The zero-order valence-corrected chi connectivity index (χ0v) is 13.5. The summed E-state index contributed by atoms with van der Waals surface area (Å²) in [5.74, 6) is 0. The fourth-order valence-corrected chi connectivity index (χ4v) is 4.16. The number of hydrogen-bond donors (Lipinski definition) is 1. The monoisotopic (exact) mass is 315 g/mol. The van der Waals surface area contributed by atoms with Gasteiger partial charge in [0.1, 0.15) is 0 Å². The summed E-state index contributed by atoms with van der Waals surface area (Å²) in [6.45, 7) is 2.12. The lowest BCUT2D eigenvalue weighted by Crippen LogP contribution is -2.01. The Morgan fingerprint density at radius 1 is 1.14 bits per heavy atom. The van der Waals surface area contributed by atoms with Crippen molar-refractivity contribution >= 4 is 22.7 Å². The summed E-state index contributed by atoms with van der Waals surface area (Å²) >= 11 is 3.25. The largest absolute Gasteiger partial charge is 0.387 e. The number of nitrogens with zero attached hydrogens (tertiary/aromatic N) is 1. The molecule has 2 heterocycles. The molecule has 1 N–H and O–H groups in total. The Bertz CT molecular complexity index is 702. The van der Waals surface area contributed by atoms with Crippen LogP contribution in [-0.2, 0) is 12.8 Å². The Morgan fingerprint density at radius 2 is 1.95 bits per heavy atom. The number of aryl methyl sites for hydroxylation is 1. The Kier molecular flexibility index (Phi) is 4.48. The van der Waals surface area contributed by atoms with E-state index in [2.05, 4.69) is 40.9 Å². The van der Waals surface area contributed by atoms with Crippen LogP contribution in [0, 0.1) is 0 Å². The Hall–Kier alpha value is -1.49. The topological polar surface area (TPSA) is 33.1 Å². The van der Waals surface area contributed by atoms with Crippen LogP contribution in [-0.4, -0.2) is 10.1 Å². The molecule has 2 aromatic heterocycles. The maximum atomic E-state index is 10.4. The highest BCUT2D eigenvalue weighted by Gasteiger charge is 2.16. The second-order valence-electron chi connectivity index (χ2n) is 4.88. The van der Waals surface area contributed by atoms with Gasteiger partial charge in [0.15, 0.2) is 0 Å². The minimum Gasteiger partial charge on any atom is -0.387 e. The molecule has 0 aliphatic heterocycles. The van der Waals surface area contributed by atoms with Crippen molar-refractivity contribution in [3.63, 3.8) is 0 Å². The van der Waals surface area contributed by atoms with Gasteiger partial charge in [0.05, 0.1) is 16.8 Å². The van der Waals surface area contributed by atoms with Crippen molar-refractivity contribution in [3.8, 4) is 11.3 Å². The number of aromatic nitrogens is 1. The standard InChI is InChI=1S/C17H17NOS2/c1-2-12-8-9-20-17(12)15(19)10-16-18-14(11-21-16)13-6-4-3-5-7-13/h3-9,11,15,19H,2,10H2,1H3. The second-order valence-corrected chi connectivity index (χ2v) is 6.77. The average molecular weight is 315 g/mol. The van der Waals surface area contributed by atoms with E-state index in [1.54, 1.807) is 22.7 Å². The highest BCUT2D eigenvalue weighted by Crippen LogP contribution is 2.30. The van der Waals surface area contributed by atoms with E-state index in [1.807, 2.05) is 18.2 Å². The van der Waals surface area contributed by atoms with Crippen molar-refractivity contribution in [2.45, 2.75) is 25.9 Å². The number of hydrogen-bond acceptors (Lipinski definition) is 4. The van der Waals surface area contributed by atoms with Crippen LogP contribution in [0.4, 0.5) is 0 Å². The number of benzene rings is 1. The maximum Gasteiger partial charge on any atom is 0.0962 e. The van der Waals surface area contributed by atoms with Crippen molar-refractivity contribution in [3.05, 3.63) is 62.6 Å². The van der Waals surface area contributed by atoms with Gasteiger partial charge in [0.25, 0.3) is 0 Å². The van der Waals surface area contributed by atoms with Gasteiger partial charge in [-0.3, -0.25) is 0 Å². The quantitative estimate of drug-likeness (QED) is 0.739. The number of thiophene rings is 1. The molecule has 1 aromatic carbocycles. The fraction of sp³-hybridized carbons (Fsp3) is 0.235. The molecule has 1 atom stereocenters. The molecule has 0 amide bonds. The van der Waals surface area contributed by atoms with E-state index in [1.165, 1.54) is 5.56 Å². The van der Waals surface area contributed by atoms with E-state index in [-0.39, 0.29) is 0 Å². The molecule has 4 heteroatoms. The lowest BCUT2D eigenvalue weighted by molar-refractivity contribution is 0.181. The third-order valence-corrected chi connectivity index (χ3v) is 5.39. The summed E-state index contributed by atoms with van der Waals surface area (Å²) in [5.41, 5.74) is 3.36. The van der Waals surface area contributed by atoms with Gasteiger partial charge in [-0.15, -0.1) is 22.7 Å². The normalized spacial score (nSPS) is 12.5. The number of rotatable bonds is 5. The molecule has 1 unspecified atom stereocenters. The van der Waals surface area contributed by atoms with Gasteiger partial charge in [-0.05, 0) is 23.4 Å². The summed E-state index contributed by atoms with van der Waals surface area (Å²) < 4.78 is 0. The molecule has 3 aromatic rings. The molecule has 21 heavy (non-hydrogen) atoms. The van der Waals surface area contributed by atoms with E-state index in [9.17, 15) is 5.11 Å². The molecular formula is C17H17NOS2. The summed E-state index contributed by atoms with van der Waals surface area (Å²) in [4.78, 5) is 5.73. The van der Waals surface area contributed by atoms with E-state index >= 15 is 0 Å². The van der Waals surface area contributed by atoms with Gasteiger partial charge >= 0.3 is 0 Å². The molecule has 0 aliphatic carbocycles. The molecule has 0 saturated heterocycles. The Morgan fingerprint density at radius 3 is 2.71 bits per heavy atom. The van der Waals surface area contributed by atoms with Gasteiger partial charge in [-0.25, -0.2) is 4.98 Å². The third-order valence-electron chi connectivity index (χ3n) is 3.45. The van der Waals surface area contributed by atoms with Crippen LogP contribution in [0.3, 0.4) is 0 Å². The summed E-state index contributed by atoms with van der Waals surface area (Å²) in [7, 11) is 0. The van der Waals surface area contributed by atoms with Gasteiger partial charge in [-0.2, -0.15) is 0 Å². The van der Waals surface area contributed by atoms with Crippen LogP contribution in [0.15, 0.2) is 47.2 Å². The number of aliphatic hydroxyl groups is 1. The molecule has 0 aliphatic rings. The molecule has 0 fully saturated rings. The highest BCUT2D eigenvalue weighted by atomic mass is 32.1. The summed E-state index contributed by atoms with van der Waals surface area (Å²) in [6, 6.07) is 12.3. The molecule has 108 valence electrons. The predicted octanol–water partition coefficient (Wildman–Crippen LogP) is 4.71. The van der Waals surface area contributed by atoms with Crippen LogP contribution in [0.25, 0.3) is 11.3 Å². The number of thiazole rings is 1. The zero-order chi connectivity index (χ0) is 14.7. The van der Waals surface area contributed by atoms with E-state index in [0.717, 1.165) is 27.6 Å². The van der Waals surface area contributed by atoms with Crippen LogP contribution in [0.1, 0.15) is 28.5 Å². The predicted molar refractivity (Wildman–Crippen MR) is 89.9 cm³/mol. The van der Waals surface area contributed by atoms with Crippen molar-refractivity contribution in [2.24, 2.45) is 0 Å². The van der Waals surface area contributed by atoms with E-state index in [4.69, 9.17) is 0 Å². The SMILES string of the molecule is CCc1ccsc1C(O)Cc1nc(-c2ccccc2)cs1. The van der Waals surface area contributed by atoms with Gasteiger partial charge in [-0.1, -0.05) is 37.3 Å². The van der Waals surface area contributed by atoms with E-state index in [0.29, 0.717) is 6.42 Å². The van der Waals surface area contributed by atoms with Crippen molar-refractivity contribution < 1.29 is 5.11 Å². The van der Waals surface area contributed by atoms with Gasteiger partial charge in [0, 0.05) is 22.2 Å². The average Bonchev–Trinajstić information content (AvgIpc) is 3.16. The molecule has 2 nitrogen and oxygen atoms in total. The molecule has 3 rings (SSSR count). The Balaban J connectivity index is 1.76. The molecule has 0 bridgehead atoms. The van der Waals surface area contributed by atoms with Crippen molar-refractivity contribution in [1.29, 1.82) is 0 Å². The van der Waals surface area contributed by atoms with Crippen molar-refractivity contribution in [1.82, 2.24) is 4.98 Å². The Labute approximate surface area is 132 Å². The van der Waals surface area contributed by atoms with Crippen LogP contribution < -0.4 is 0 Å². The second kappa shape index (κ2) is 6.52. The first-order valence-electron chi connectivity index (χ1n) is 7.02. The highest BCUT2D eigenvalue weighted by molar-refractivity contribution is 7.10. The fourth-order valence-electron chi connectivity index (χ4n) is 2.34. The van der Waals surface area contributed by atoms with Crippen molar-refractivity contribution in [2.75, 3.05) is 0 Å². The number of aliphatic hydroxyl groups excluding tert-OH is 1. The lowest BCUT2D eigenvalue weighted by atomic mass is 10.1. The zero-order valence-electron chi connectivity index (χ0n) is 11.8. The smallest absolute Gasteiger partial charge is 0.0962 e. The minimum atomic E-state index is -0.449. The summed E-state index contributed by atoms with van der Waals surface area (Å²) in [6.07, 6.45) is 1.10. The van der Waals surface area contributed by atoms with Crippen LogP contribution >= 0.6 is 22.7 Å². The first-order chi connectivity index (χ1) is 10.3. The molecule has 0 spiro atoms. The van der Waals surface area contributed by atoms with Gasteiger partial charge < -0.3 is 5.11 Å². The molecule has 0 saturated carbocycles. The first kappa shape index (κ1) is 14.4. The lowest BCUT2D eigenvalue weighted by Gasteiger charge is -2.08.